The standard InChI is InChI=1S/C13H18N2OS/c16-12(7-9-3-1-2-4-9)15-13-14-11(8-17-13)10-5-6-10/h8-10H,1-7H2,(H,14,15,16). The van der Waals surface area contributed by atoms with Crippen molar-refractivity contribution in [2.24, 2.45) is 5.92 Å². The molecular formula is C13H18N2OS. The first-order valence-electron chi connectivity index (χ1n) is 6.56. The molecule has 2 fully saturated rings. The number of thiazole rings is 1. The lowest BCUT2D eigenvalue weighted by atomic mass is 10.0. The van der Waals surface area contributed by atoms with Gasteiger partial charge in [-0.05, 0) is 31.6 Å². The van der Waals surface area contributed by atoms with Gasteiger partial charge in [-0.15, -0.1) is 11.3 Å². The van der Waals surface area contributed by atoms with Crippen LogP contribution in [0.15, 0.2) is 5.38 Å². The third-order valence-electron chi connectivity index (χ3n) is 3.71. The highest BCUT2D eigenvalue weighted by atomic mass is 32.1. The molecule has 0 bridgehead atoms. The number of hydrogen-bond acceptors (Lipinski definition) is 3. The summed E-state index contributed by atoms with van der Waals surface area (Å²) >= 11 is 1.56. The zero-order chi connectivity index (χ0) is 11.7. The highest BCUT2D eigenvalue weighted by molar-refractivity contribution is 7.13. The summed E-state index contributed by atoms with van der Waals surface area (Å²) in [5.41, 5.74) is 1.17. The van der Waals surface area contributed by atoms with Crippen LogP contribution in [0.3, 0.4) is 0 Å². The summed E-state index contributed by atoms with van der Waals surface area (Å²) in [4.78, 5) is 16.3. The van der Waals surface area contributed by atoms with Crippen LogP contribution in [0.25, 0.3) is 0 Å². The van der Waals surface area contributed by atoms with E-state index in [4.69, 9.17) is 0 Å². The van der Waals surface area contributed by atoms with Crippen molar-refractivity contribution >= 4 is 22.4 Å². The van der Waals surface area contributed by atoms with E-state index in [0.717, 1.165) is 5.13 Å². The van der Waals surface area contributed by atoms with Gasteiger partial charge in [0.15, 0.2) is 5.13 Å². The van der Waals surface area contributed by atoms with Crippen molar-refractivity contribution in [1.29, 1.82) is 0 Å². The first-order chi connectivity index (χ1) is 8.31. The van der Waals surface area contributed by atoms with Gasteiger partial charge in [0, 0.05) is 17.7 Å². The second kappa shape index (κ2) is 4.77. The molecule has 0 unspecified atom stereocenters. The van der Waals surface area contributed by atoms with Crippen LogP contribution in [-0.2, 0) is 4.79 Å². The summed E-state index contributed by atoms with van der Waals surface area (Å²) in [5.74, 6) is 1.43. The van der Waals surface area contributed by atoms with Crippen molar-refractivity contribution in [3.63, 3.8) is 0 Å². The van der Waals surface area contributed by atoms with Crippen molar-refractivity contribution < 1.29 is 4.79 Å². The number of aromatic nitrogens is 1. The molecule has 1 N–H and O–H groups in total. The molecule has 1 heterocycles. The smallest absolute Gasteiger partial charge is 0.226 e. The third-order valence-corrected chi connectivity index (χ3v) is 4.49. The lowest BCUT2D eigenvalue weighted by Gasteiger charge is -2.07. The lowest BCUT2D eigenvalue weighted by Crippen LogP contribution is -2.14. The summed E-state index contributed by atoms with van der Waals surface area (Å²) in [5, 5.41) is 5.81. The van der Waals surface area contributed by atoms with Gasteiger partial charge in [0.25, 0.3) is 0 Å². The van der Waals surface area contributed by atoms with Gasteiger partial charge >= 0.3 is 0 Å². The lowest BCUT2D eigenvalue weighted by molar-refractivity contribution is -0.117. The largest absolute Gasteiger partial charge is 0.302 e. The van der Waals surface area contributed by atoms with E-state index in [1.165, 1.54) is 44.2 Å². The predicted molar refractivity (Wildman–Crippen MR) is 69.3 cm³/mol. The molecule has 3 rings (SSSR count). The number of hydrogen-bond donors (Lipinski definition) is 1. The number of nitrogens with zero attached hydrogens (tertiary/aromatic N) is 1. The zero-order valence-corrected chi connectivity index (χ0v) is 10.8. The van der Waals surface area contributed by atoms with Gasteiger partial charge < -0.3 is 5.32 Å². The Hall–Kier alpha value is -0.900. The van der Waals surface area contributed by atoms with E-state index in [1.807, 2.05) is 0 Å². The van der Waals surface area contributed by atoms with Gasteiger partial charge in [0.1, 0.15) is 0 Å². The average Bonchev–Trinajstić information content (AvgIpc) is 2.84. The van der Waals surface area contributed by atoms with E-state index >= 15 is 0 Å². The Kier molecular flexibility index (Phi) is 3.14. The molecule has 3 nitrogen and oxygen atoms in total. The predicted octanol–water partition coefficient (Wildman–Crippen LogP) is 3.54. The van der Waals surface area contributed by atoms with E-state index < -0.39 is 0 Å². The highest BCUT2D eigenvalue weighted by Gasteiger charge is 2.26. The number of amides is 1. The Morgan fingerprint density at radius 3 is 2.82 bits per heavy atom. The van der Waals surface area contributed by atoms with Crippen molar-refractivity contribution in [3.05, 3.63) is 11.1 Å². The Labute approximate surface area is 106 Å². The van der Waals surface area contributed by atoms with E-state index in [2.05, 4.69) is 15.7 Å². The zero-order valence-electron chi connectivity index (χ0n) is 9.95. The molecule has 1 amide bonds. The molecule has 2 aliphatic rings. The second-order valence-electron chi connectivity index (χ2n) is 5.25. The normalized spacial score (nSPS) is 20.7. The number of anilines is 1. The Morgan fingerprint density at radius 1 is 1.35 bits per heavy atom. The third kappa shape index (κ3) is 2.86. The van der Waals surface area contributed by atoms with Crippen LogP contribution in [0.1, 0.15) is 56.6 Å². The fourth-order valence-electron chi connectivity index (χ4n) is 2.56. The summed E-state index contributed by atoms with van der Waals surface area (Å²) in [6.45, 7) is 0. The topological polar surface area (TPSA) is 42.0 Å². The van der Waals surface area contributed by atoms with Crippen LogP contribution in [0.4, 0.5) is 5.13 Å². The van der Waals surface area contributed by atoms with Crippen LogP contribution in [0.5, 0.6) is 0 Å². The maximum Gasteiger partial charge on any atom is 0.226 e. The molecule has 0 radical (unpaired) electrons. The van der Waals surface area contributed by atoms with E-state index in [9.17, 15) is 4.79 Å². The van der Waals surface area contributed by atoms with Crippen molar-refractivity contribution in [2.45, 2.75) is 50.9 Å². The quantitative estimate of drug-likeness (QED) is 0.888. The Morgan fingerprint density at radius 2 is 2.12 bits per heavy atom. The maximum absolute atomic E-state index is 11.8. The fourth-order valence-corrected chi connectivity index (χ4v) is 3.37. The first kappa shape index (κ1) is 11.2. The second-order valence-corrected chi connectivity index (χ2v) is 6.11. The SMILES string of the molecule is O=C(CC1CCCC1)Nc1nc(C2CC2)cs1. The van der Waals surface area contributed by atoms with Crippen LogP contribution in [0.2, 0.25) is 0 Å². The van der Waals surface area contributed by atoms with Gasteiger partial charge in [0.2, 0.25) is 5.91 Å². The minimum absolute atomic E-state index is 0.147. The number of rotatable bonds is 4. The molecule has 0 atom stereocenters. The molecule has 92 valence electrons. The Bertz CT molecular complexity index is 405. The fraction of sp³-hybridized carbons (Fsp3) is 0.692. The van der Waals surface area contributed by atoms with Crippen molar-refractivity contribution in [2.75, 3.05) is 5.32 Å². The highest BCUT2D eigenvalue weighted by Crippen LogP contribution is 2.40. The van der Waals surface area contributed by atoms with Crippen molar-refractivity contribution in [3.8, 4) is 0 Å². The molecular weight excluding hydrogens is 232 g/mol. The van der Waals surface area contributed by atoms with Crippen LogP contribution in [0, 0.1) is 5.92 Å². The number of carbonyl (C=O) groups is 1. The van der Waals surface area contributed by atoms with Gasteiger partial charge in [-0.2, -0.15) is 0 Å². The van der Waals surface area contributed by atoms with E-state index in [-0.39, 0.29) is 5.91 Å². The first-order valence-corrected chi connectivity index (χ1v) is 7.44. The molecule has 1 aromatic rings. The molecule has 0 aromatic carbocycles. The monoisotopic (exact) mass is 250 g/mol. The van der Waals surface area contributed by atoms with Crippen LogP contribution >= 0.6 is 11.3 Å². The van der Waals surface area contributed by atoms with E-state index in [0.29, 0.717) is 18.3 Å². The van der Waals surface area contributed by atoms with Gasteiger partial charge in [-0.3, -0.25) is 4.79 Å². The van der Waals surface area contributed by atoms with Gasteiger partial charge in [0.05, 0.1) is 5.69 Å². The summed E-state index contributed by atoms with van der Waals surface area (Å²) in [6.07, 6.45) is 8.23. The molecule has 1 aromatic heterocycles. The van der Waals surface area contributed by atoms with Gasteiger partial charge in [-0.1, -0.05) is 12.8 Å². The summed E-state index contributed by atoms with van der Waals surface area (Å²) < 4.78 is 0. The maximum atomic E-state index is 11.8. The minimum Gasteiger partial charge on any atom is -0.302 e. The summed E-state index contributed by atoms with van der Waals surface area (Å²) in [7, 11) is 0. The molecule has 2 saturated carbocycles. The minimum atomic E-state index is 0.147. The Balaban J connectivity index is 1.52. The van der Waals surface area contributed by atoms with Crippen LogP contribution in [-0.4, -0.2) is 10.9 Å². The molecule has 0 aliphatic heterocycles. The molecule has 2 aliphatic carbocycles. The molecule has 0 spiro atoms. The molecule has 17 heavy (non-hydrogen) atoms. The number of carbonyl (C=O) groups excluding carboxylic acids is 1. The van der Waals surface area contributed by atoms with Crippen molar-refractivity contribution in [1.82, 2.24) is 4.98 Å². The average molecular weight is 250 g/mol. The molecule has 0 saturated heterocycles. The molecule has 4 heteroatoms. The summed E-state index contributed by atoms with van der Waals surface area (Å²) in [6, 6.07) is 0. The van der Waals surface area contributed by atoms with Gasteiger partial charge in [-0.25, -0.2) is 4.98 Å². The van der Waals surface area contributed by atoms with Crippen LogP contribution < -0.4 is 5.32 Å². The van der Waals surface area contributed by atoms with E-state index in [1.54, 1.807) is 11.3 Å². The number of nitrogens with one attached hydrogen (secondary N) is 1.